The lowest BCUT2D eigenvalue weighted by Gasteiger charge is -1.93. The first-order valence-electron chi connectivity index (χ1n) is 4.15. The van der Waals surface area contributed by atoms with Crippen molar-refractivity contribution in [2.24, 2.45) is 0 Å². The topological polar surface area (TPSA) is 12.0 Å². The van der Waals surface area contributed by atoms with Gasteiger partial charge in [0.1, 0.15) is 0 Å². The van der Waals surface area contributed by atoms with Crippen molar-refractivity contribution in [1.82, 2.24) is 5.32 Å². The minimum absolute atomic E-state index is 0.560. The van der Waals surface area contributed by atoms with E-state index in [1.54, 1.807) is 0 Å². The molecule has 0 spiro atoms. The first-order valence-corrected chi connectivity index (χ1v) is 4.68. The molecule has 1 aromatic rings. The number of rotatable bonds is 2. The number of alkyl halides is 1. The van der Waals surface area contributed by atoms with Crippen LogP contribution in [0.4, 0.5) is 0 Å². The number of hydrogen-bond donors (Lipinski definition) is 1. The molecule has 0 atom stereocenters. The number of benzene rings is 1. The monoisotopic (exact) mass is 193 g/mol. The summed E-state index contributed by atoms with van der Waals surface area (Å²) in [7, 11) is 1.88. The zero-order valence-electron chi connectivity index (χ0n) is 7.60. The SMILES string of the molecule is CNCC#Cc1ccc(CCl)cc1. The molecule has 13 heavy (non-hydrogen) atoms. The Labute approximate surface area is 84.1 Å². The highest BCUT2D eigenvalue weighted by Crippen LogP contribution is 2.05. The van der Waals surface area contributed by atoms with Crippen LogP contribution in [0.25, 0.3) is 0 Å². The van der Waals surface area contributed by atoms with Crippen LogP contribution in [0.5, 0.6) is 0 Å². The number of halogens is 1. The average molecular weight is 194 g/mol. The Bertz CT molecular complexity index is 305. The number of hydrogen-bond acceptors (Lipinski definition) is 1. The van der Waals surface area contributed by atoms with Crippen molar-refractivity contribution in [2.75, 3.05) is 13.6 Å². The van der Waals surface area contributed by atoms with Gasteiger partial charge in [-0.15, -0.1) is 11.6 Å². The van der Waals surface area contributed by atoms with Crippen molar-refractivity contribution < 1.29 is 0 Å². The second-order valence-electron chi connectivity index (χ2n) is 2.66. The summed E-state index contributed by atoms with van der Waals surface area (Å²) >= 11 is 5.66. The molecule has 0 bridgehead atoms. The van der Waals surface area contributed by atoms with Crippen molar-refractivity contribution in [1.29, 1.82) is 0 Å². The lowest BCUT2D eigenvalue weighted by molar-refractivity contribution is 0.938. The third-order valence-corrected chi connectivity index (χ3v) is 1.91. The predicted molar refractivity (Wildman–Crippen MR) is 56.8 cm³/mol. The molecule has 0 heterocycles. The third kappa shape index (κ3) is 3.50. The van der Waals surface area contributed by atoms with E-state index in [2.05, 4.69) is 17.2 Å². The minimum atomic E-state index is 0.560. The smallest absolute Gasteiger partial charge is 0.0577 e. The fourth-order valence-electron chi connectivity index (χ4n) is 0.912. The van der Waals surface area contributed by atoms with Crippen LogP contribution < -0.4 is 5.32 Å². The van der Waals surface area contributed by atoms with Crippen LogP contribution in [0.2, 0.25) is 0 Å². The first-order chi connectivity index (χ1) is 6.36. The fourth-order valence-corrected chi connectivity index (χ4v) is 1.09. The molecule has 0 fully saturated rings. The molecule has 0 aliphatic rings. The zero-order valence-corrected chi connectivity index (χ0v) is 8.36. The van der Waals surface area contributed by atoms with Gasteiger partial charge in [-0.25, -0.2) is 0 Å². The Morgan fingerprint density at radius 2 is 2.00 bits per heavy atom. The molecule has 0 saturated carbocycles. The molecule has 0 aliphatic carbocycles. The van der Waals surface area contributed by atoms with Crippen LogP contribution in [0.3, 0.4) is 0 Å². The summed E-state index contributed by atoms with van der Waals surface area (Å²) in [6, 6.07) is 7.97. The van der Waals surface area contributed by atoms with Crippen molar-refractivity contribution in [3.8, 4) is 11.8 Å². The van der Waals surface area contributed by atoms with E-state index in [0.29, 0.717) is 5.88 Å². The van der Waals surface area contributed by atoms with Gasteiger partial charge in [0.15, 0.2) is 0 Å². The van der Waals surface area contributed by atoms with Gasteiger partial charge in [0.2, 0.25) is 0 Å². The van der Waals surface area contributed by atoms with Crippen LogP contribution in [0.15, 0.2) is 24.3 Å². The van der Waals surface area contributed by atoms with Gasteiger partial charge in [0.25, 0.3) is 0 Å². The van der Waals surface area contributed by atoms with Gasteiger partial charge in [-0.1, -0.05) is 24.0 Å². The van der Waals surface area contributed by atoms with E-state index in [4.69, 9.17) is 11.6 Å². The van der Waals surface area contributed by atoms with Gasteiger partial charge >= 0.3 is 0 Å². The molecule has 2 heteroatoms. The Kier molecular flexibility index (Phi) is 4.39. The van der Waals surface area contributed by atoms with Crippen molar-refractivity contribution >= 4 is 11.6 Å². The van der Waals surface area contributed by atoms with E-state index >= 15 is 0 Å². The lowest BCUT2D eigenvalue weighted by Crippen LogP contribution is -2.04. The van der Waals surface area contributed by atoms with Gasteiger partial charge < -0.3 is 5.32 Å². The van der Waals surface area contributed by atoms with Crippen molar-refractivity contribution in [3.05, 3.63) is 35.4 Å². The molecule has 0 saturated heterocycles. The standard InChI is InChI=1S/C11H12ClN/c1-13-8-2-3-10-4-6-11(9-12)7-5-10/h4-7,13H,8-9H2,1H3. The molecular formula is C11H12ClN. The molecule has 1 nitrogen and oxygen atoms in total. The summed E-state index contributed by atoms with van der Waals surface area (Å²) in [6.45, 7) is 0.720. The zero-order chi connectivity index (χ0) is 9.52. The predicted octanol–water partition coefficient (Wildman–Crippen LogP) is 2.00. The first kappa shape index (κ1) is 10.1. The van der Waals surface area contributed by atoms with E-state index in [0.717, 1.165) is 17.7 Å². The highest BCUT2D eigenvalue weighted by Gasteiger charge is 1.88. The van der Waals surface area contributed by atoms with E-state index in [1.165, 1.54) is 0 Å². The highest BCUT2D eigenvalue weighted by atomic mass is 35.5. The van der Waals surface area contributed by atoms with Crippen LogP contribution in [-0.4, -0.2) is 13.6 Å². The Morgan fingerprint density at radius 3 is 2.54 bits per heavy atom. The summed E-state index contributed by atoms with van der Waals surface area (Å²) in [6.07, 6.45) is 0. The summed E-state index contributed by atoms with van der Waals surface area (Å²) in [4.78, 5) is 0. The summed E-state index contributed by atoms with van der Waals surface area (Å²) in [5.74, 6) is 6.60. The second-order valence-corrected chi connectivity index (χ2v) is 2.93. The van der Waals surface area contributed by atoms with E-state index in [-0.39, 0.29) is 0 Å². The minimum Gasteiger partial charge on any atom is -0.309 e. The Morgan fingerprint density at radius 1 is 1.31 bits per heavy atom. The molecule has 0 radical (unpaired) electrons. The van der Waals surface area contributed by atoms with Gasteiger partial charge in [-0.3, -0.25) is 0 Å². The Balaban J connectivity index is 2.65. The van der Waals surface area contributed by atoms with E-state index in [1.807, 2.05) is 31.3 Å². The van der Waals surface area contributed by atoms with Crippen LogP contribution in [0, 0.1) is 11.8 Å². The lowest BCUT2D eigenvalue weighted by atomic mass is 10.1. The molecule has 0 unspecified atom stereocenters. The summed E-state index contributed by atoms with van der Waals surface area (Å²) in [5, 5.41) is 2.97. The normalized spacial score (nSPS) is 9.08. The summed E-state index contributed by atoms with van der Waals surface area (Å²) < 4.78 is 0. The molecule has 68 valence electrons. The maximum atomic E-state index is 5.66. The maximum Gasteiger partial charge on any atom is 0.0577 e. The van der Waals surface area contributed by atoms with Crippen LogP contribution in [-0.2, 0) is 5.88 Å². The molecule has 1 rings (SSSR count). The molecule has 0 aliphatic heterocycles. The van der Waals surface area contributed by atoms with Gasteiger partial charge in [-0.05, 0) is 24.7 Å². The van der Waals surface area contributed by atoms with E-state index < -0.39 is 0 Å². The number of nitrogens with one attached hydrogen (secondary N) is 1. The van der Waals surface area contributed by atoms with E-state index in [9.17, 15) is 0 Å². The largest absolute Gasteiger partial charge is 0.309 e. The fraction of sp³-hybridized carbons (Fsp3) is 0.273. The molecule has 1 aromatic carbocycles. The molecule has 1 N–H and O–H groups in total. The highest BCUT2D eigenvalue weighted by molar-refractivity contribution is 6.17. The van der Waals surface area contributed by atoms with Gasteiger partial charge in [-0.2, -0.15) is 0 Å². The van der Waals surface area contributed by atoms with Gasteiger partial charge in [0.05, 0.1) is 6.54 Å². The molecule has 0 aromatic heterocycles. The maximum absolute atomic E-state index is 5.66. The van der Waals surface area contributed by atoms with Crippen molar-refractivity contribution in [3.63, 3.8) is 0 Å². The third-order valence-electron chi connectivity index (χ3n) is 1.61. The Hall–Kier alpha value is -0.970. The molecular weight excluding hydrogens is 182 g/mol. The second kappa shape index (κ2) is 5.64. The summed E-state index contributed by atoms with van der Waals surface area (Å²) in [5.41, 5.74) is 2.16. The van der Waals surface area contributed by atoms with Crippen molar-refractivity contribution in [2.45, 2.75) is 5.88 Å². The quantitative estimate of drug-likeness (QED) is 0.560. The van der Waals surface area contributed by atoms with Gasteiger partial charge in [0, 0.05) is 11.4 Å². The molecule has 0 amide bonds. The van der Waals surface area contributed by atoms with Crippen LogP contribution >= 0.6 is 11.6 Å². The average Bonchev–Trinajstić information content (AvgIpc) is 2.19. The van der Waals surface area contributed by atoms with Crippen LogP contribution in [0.1, 0.15) is 11.1 Å².